The SMILES string of the molecule is Cc1cc(C)c(CN2CCC(C(=O)c3ccc4c(c3)NC(=O)CO4)CC2)c(C)c1. The predicted octanol–water partition coefficient (Wildman–Crippen LogP) is 4.04. The summed E-state index contributed by atoms with van der Waals surface area (Å²) in [4.78, 5) is 27.0. The summed E-state index contributed by atoms with van der Waals surface area (Å²) in [5, 5.41) is 2.78. The average molecular weight is 392 g/mol. The first kappa shape index (κ1) is 19.6. The van der Waals surface area contributed by atoms with Crippen molar-refractivity contribution in [2.75, 3.05) is 25.0 Å². The number of ether oxygens (including phenoxy) is 1. The first-order valence-electron chi connectivity index (χ1n) is 10.3. The Morgan fingerprint density at radius 2 is 1.79 bits per heavy atom. The van der Waals surface area contributed by atoms with Gasteiger partial charge in [0.05, 0.1) is 5.69 Å². The van der Waals surface area contributed by atoms with E-state index in [-0.39, 0.29) is 24.2 Å². The summed E-state index contributed by atoms with van der Waals surface area (Å²) in [6.45, 7) is 9.33. The molecule has 1 N–H and O–H groups in total. The van der Waals surface area contributed by atoms with Crippen molar-refractivity contribution < 1.29 is 14.3 Å². The molecule has 0 unspecified atom stereocenters. The third-order valence-electron chi connectivity index (χ3n) is 6.08. The van der Waals surface area contributed by atoms with Gasteiger partial charge in [0.15, 0.2) is 12.4 Å². The van der Waals surface area contributed by atoms with E-state index in [0.717, 1.165) is 32.5 Å². The molecule has 0 spiro atoms. The number of Topliss-reactive ketones (excluding diaryl/α,β-unsaturated/α-hetero) is 1. The molecule has 2 aliphatic heterocycles. The number of carbonyl (C=O) groups excluding carboxylic acids is 2. The Hall–Kier alpha value is -2.66. The van der Waals surface area contributed by atoms with Gasteiger partial charge in [0.1, 0.15) is 5.75 Å². The number of carbonyl (C=O) groups is 2. The summed E-state index contributed by atoms with van der Waals surface area (Å²) in [5.41, 5.74) is 6.65. The molecule has 4 rings (SSSR count). The lowest BCUT2D eigenvalue weighted by atomic mass is 9.88. The molecule has 5 heteroatoms. The molecule has 1 fully saturated rings. The standard InChI is InChI=1S/C24H28N2O3/c1-15-10-16(2)20(17(3)11-15)13-26-8-6-18(7-9-26)24(28)19-4-5-22-21(12-19)25-23(27)14-29-22/h4-5,10-12,18H,6-9,13-14H2,1-3H3,(H,25,27). The van der Waals surface area contributed by atoms with Gasteiger partial charge in [-0.15, -0.1) is 0 Å². The van der Waals surface area contributed by atoms with E-state index in [2.05, 4.69) is 43.1 Å². The van der Waals surface area contributed by atoms with E-state index in [0.29, 0.717) is 17.0 Å². The third kappa shape index (κ3) is 4.20. The maximum atomic E-state index is 13.0. The molecule has 2 heterocycles. The number of aryl methyl sites for hydroxylation is 3. The maximum absolute atomic E-state index is 13.0. The summed E-state index contributed by atoms with van der Waals surface area (Å²) in [7, 11) is 0. The molecule has 5 nitrogen and oxygen atoms in total. The van der Waals surface area contributed by atoms with Crippen LogP contribution in [0.5, 0.6) is 5.75 Å². The number of anilines is 1. The second kappa shape index (κ2) is 7.99. The molecule has 1 amide bonds. The van der Waals surface area contributed by atoms with E-state index in [1.54, 1.807) is 12.1 Å². The first-order valence-corrected chi connectivity index (χ1v) is 10.3. The molecule has 0 saturated carbocycles. The van der Waals surface area contributed by atoms with Gasteiger partial charge in [0.2, 0.25) is 0 Å². The van der Waals surface area contributed by atoms with E-state index in [1.807, 2.05) is 6.07 Å². The van der Waals surface area contributed by atoms with Crippen molar-refractivity contribution in [3.8, 4) is 5.75 Å². The number of piperidine rings is 1. The fraction of sp³-hybridized carbons (Fsp3) is 0.417. The number of amides is 1. The average Bonchev–Trinajstić information content (AvgIpc) is 2.70. The number of hydrogen-bond donors (Lipinski definition) is 1. The highest BCUT2D eigenvalue weighted by Crippen LogP contribution is 2.31. The summed E-state index contributed by atoms with van der Waals surface area (Å²) in [5.74, 6) is 0.636. The molecule has 2 aliphatic rings. The van der Waals surface area contributed by atoms with E-state index in [1.165, 1.54) is 22.3 Å². The van der Waals surface area contributed by atoms with Crippen molar-refractivity contribution in [3.63, 3.8) is 0 Å². The highest BCUT2D eigenvalue weighted by Gasteiger charge is 2.27. The third-order valence-corrected chi connectivity index (χ3v) is 6.08. The molecule has 152 valence electrons. The summed E-state index contributed by atoms with van der Waals surface area (Å²) >= 11 is 0. The van der Waals surface area contributed by atoms with Crippen LogP contribution in [0.3, 0.4) is 0 Å². The van der Waals surface area contributed by atoms with E-state index >= 15 is 0 Å². The minimum Gasteiger partial charge on any atom is -0.482 e. The zero-order chi connectivity index (χ0) is 20.5. The Labute approximate surface area is 172 Å². The zero-order valence-corrected chi connectivity index (χ0v) is 17.4. The number of nitrogens with zero attached hydrogens (tertiary/aromatic N) is 1. The van der Waals surface area contributed by atoms with Gasteiger partial charge in [-0.1, -0.05) is 17.7 Å². The van der Waals surface area contributed by atoms with Crippen LogP contribution in [0, 0.1) is 26.7 Å². The lowest BCUT2D eigenvalue weighted by Gasteiger charge is -2.32. The van der Waals surface area contributed by atoms with E-state index in [4.69, 9.17) is 4.74 Å². The largest absolute Gasteiger partial charge is 0.482 e. The normalized spacial score (nSPS) is 17.4. The quantitative estimate of drug-likeness (QED) is 0.798. The molecular weight excluding hydrogens is 364 g/mol. The van der Waals surface area contributed by atoms with Crippen LogP contribution in [0.4, 0.5) is 5.69 Å². The molecule has 0 aliphatic carbocycles. The van der Waals surface area contributed by atoms with Gasteiger partial charge in [-0.3, -0.25) is 14.5 Å². The number of ketones is 1. The van der Waals surface area contributed by atoms with Crippen molar-refractivity contribution in [2.45, 2.75) is 40.2 Å². The van der Waals surface area contributed by atoms with Gasteiger partial charge < -0.3 is 10.1 Å². The molecule has 0 radical (unpaired) electrons. The number of hydrogen-bond acceptors (Lipinski definition) is 4. The van der Waals surface area contributed by atoms with E-state index < -0.39 is 0 Å². The number of benzene rings is 2. The monoisotopic (exact) mass is 392 g/mol. The predicted molar refractivity (Wildman–Crippen MR) is 114 cm³/mol. The maximum Gasteiger partial charge on any atom is 0.262 e. The van der Waals surface area contributed by atoms with Gasteiger partial charge in [0, 0.05) is 18.0 Å². The van der Waals surface area contributed by atoms with Gasteiger partial charge in [-0.25, -0.2) is 0 Å². The minimum absolute atomic E-state index is 0.0265. The van der Waals surface area contributed by atoms with E-state index in [9.17, 15) is 9.59 Å². The Balaban J connectivity index is 1.39. The van der Waals surface area contributed by atoms with Crippen molar-refractivity contribution >= 4 is 17.4 Å². The molecule has 0 aromatic heterocycles. The lowest BCUT2D eigenvalue weighted by Crippen LogP contribution is -2.36. The smallest absolute Gasteiger partial charge is 0.262 e. The Morgan fingerprint density at radius 3 is 2.48 bits per heavy atom. The van der Waals surface area contributed by atoms with Crippen LogP contribution in [0.15, 0.2) is 30.3 Å². The van der Waals surface area contributed by atoms with Gasteiger partial charge >= 0.3 is 0 Å². The van der Waals surface area contributed by atoms with Gasteiger partial charge in [0.25, 0.3) is 5.91 Å². The van der Waals surface area contributed by atoms with Crippen LogP contribution in [0.2, 0.25) is 0 Å². The summed E-state index contributed by atoms with van der Waals surface area (Å²) in [6.07, 6.45) is 1.73. The molecule has 1 saturated heterocycles. The second-order valence-electron chi connectivity index (χ2n) is 8.34. The van der Waals surface area contributed by atoms with Crippen LogP contribution >= 0.6 is 0 Å². The highest BCUT2D eigenvalue weighted by atomic mass is 16.5. The second-order valence-corrected chi connectivity index (χ2v) is 8.34. The summed E-state index contributed by atoms with van der Waals surface area (Å²) in [6, 6.07) is 9.83. The van der Waals surface area contributed by atoms with Gasteiger partial charge in [-0.2, -0.15) is 0 Å². The number of fused-ring (bicyclic) bond motifs is 1. The Kier molecular flexibility index (Phi) is 5.41. The molecule has 2 aromatic carbocycles. The topological polar surface area (TPSA) is 58.6 Å². The number of nitrogens with one attached hydrogen (secondary N) is 1. The van der Waals surface area contributed by atoms with Crippen LogP contribution in [0.25, 0.3) is 0 Å². The Morgan fingerprint density at radius 1 is 1.10 bits per heavy atom. The van der Waals surface area contributed by atoms with Crippen molar-refractivity contribution in [1.82, 2.24) is 4.90 Å². The summed E-state index contributed by atoms with van der Waals surface area (Å²) < 4.78 is 5.38. The molecule has 0 bridgehead atoms. The van der Waals surface area contributed by atoms with Crippen molar-refractivity contribution in [2.24, 2.45) is 5.92 Å². The highest BCUT2D eigenvalue weighted by molar-refractivity contribution is 6.01. The van der Waals surface area contributed by atoms with Crippen LogP contribution in [-0.2, 0) is 11.3 Å². The van der Waals surface area contributed by atoms with Crippen LogP contribution in [0.1, 0.15) is 45.5 Å². The lowest BCUT2D eigenvalue weighted by molar-refractivity contribution is -0.118. The minimum atomic E-state index is -0.183. The van der Waals surface area contributed by atoms with Crippen molar-refractivity contribution in [3.05, 3.63) is 58.1 Å². The fourth-order valence-corrected chi connectivity index (χ4v) is 4.51. The van der Waals surface area contributed by atoms with Gasteiger partial charge in [-0.05, 0) is 81.6 Å². The van der Waals surface area contributed by atoms with Crippen LogP contribution in [-0.4, -0.2) is 36.3 Å². The fourth-order valence-electron chi connectivity index (χ4n) is 4.51. The number of likely N-dealkylation sites (tertiary alicyclic amines) is 1. The Bertz CT molecular complexity index is 936. The molecule has 2 aromatic rings. The number of rotatable bonds is 4. The molecular formula is C24H28N2O3. The molecule has 29 heavy (non-hydrogen) atoms. The van der Waals surface area contributed by atoms with Crippen molar-refractivity contribution in [1.29, 1.82) is 0 Å². The van der Waals surface area contributed by atoms with Crippen LogP contribution < -0.4 is 10.1 Å². The zero-order valence-electron chi connectivity index (χ0n) is 17.4. The molecule has 0 atom stereocenters. The first-order chi connectivity index (χ1) is 13.9.